The van der Waals surface area contributed by atoms with Gasteiger partial charge in [0.05, 0.1) is 7.11 Å². The predicted molar refractivity (Wildman–Crippen MR) is 49.4 cm³/mol. The maximum absolute atomic E-state index is 10.7. The maximum Gasteiger partial charge on any atom is 0.343 e. The molecule has 0 aromatic carbocycles. The molecule has 0 saturated carbocycles. The van der Waals surface area contributed by atoms with E-state index in [1.165, 1.54) is 7.11 Å². The van der Waals surface area contributed by atoms with Crippen molar-refractivity contribution in [2.75, 3.05) is 13.7 Å². The first-order valence-corrected chi connectivity index (χ1v) is 4.34. The number of pyridine rings is 1. The normalized spacial score (nSPS) is 9.38. The molecule has 1 aromatic rings. The number of carbonyl (C=O) groups excluding carboxylic acids is 1. The van der Waals surface area contributed by atoms with Crippen molar-refractivity contribution in [3.63, 3.8) is 0 Å². The summed E-state index contributed by atoms with van der Waals surface area (Å²) in [6.45, 7) is -0.125. The Bertz CT molecular complexity index is 303. The van der Waals surface area contributed by atoms with E-state index in [0.717, 1.165) is 0 Å². The van der Waals surface area contributed by atoms with E-state index in [4.69, 9.17) is 4.74 Å². The van der Waals surface area contributed by atoms with Gasteiger partial charge in [0.15, 0.2) is 6.61 Å². The number of hydrogen-bond donors (Lipinski definition) is 0. The molecule has 0 aliphatic carbocycles. The van der Waals surface area contributed by atoms with Gasteiger partial charge in [-0.3, -0.25) is 0 Å². The van der Waals surface area contributed by atoms with Gasteiger partial charge >= 0.3 is 5.97 Å². The van der Waals surface area contributed by atoms with E-state index in [1.54, 1.807) is 18.2 Å². The van der Waals surface area contributed by atoms with Gasteiger partial charge in [0, 0.05) is 6.07 Å². The van der Waals surface area contributed by atoms with E-state index in [-0.39, 0.29) is 6.61 Å². The zero-order valence-electron chi connectivity index (χ0n) is 6.99. The Balaban J connectivity index is 2.50. The third-order valence-electron chi connectivity index (χ3n) is 1.26. The van der Waals surface area contributed by atoms with E-state index in [1.807, 2.05) is 0 Å². The summed E-state index contributed by atoms with van der Waals surface area (Å²) in [5.74, 6) is -0.0402. The van der Waals surface area contributed by atoms with Crippen molar-refractivity contribution in [1.29, 1.82) is 0 Å². The largest absolute Gasteiger partial charge is 0.466 e. The van der Waals surface area contributed by atoms with E-state index in [9.17, 15) is 4.79 Å². The van der Waals surface area contributed by atoms with Gasteiger partial charge in [0.2, 0.25) is 5.88 Å². The van der Waals surface area contributed by atoms with Crippen molar-refractivity contribution < 1.29 is 14.3 Å². The summed E-state index contributed by atoms with van der Waals surface area (Å²) in [4.78, 5) is 14.6. The van der Waals surface area contributed by atoms with Crippen molar-refractivity contribution in [3.05, 3.63) is 22.8 Å². The molecule has 5 heteroatoms. The van der Waals surface area contributed by atoms with Gasteiger partial charge in [-0.15, -0.1) is 0 Å². The lowest BCUT2D eigenvalue weighted by Gasteiger charge is -2.02. The molecule has 4 nitrogen and oxygen atoms in total. The van der Waals surface area contributed by atoms with Crippen LogP contribution in [0.4, 0.5) is 0 Å². The lowest BCUT2D eigenvalue weighted by Crippen LogP contribution is -2.13. The van der Waals surface area contributed by atoms with Crippen LogP contribution in [0.1, 0.15) is 0 Å². The molecule has 0 radical (unpaired) electrons. The first-order chi connectivity index (χ1) is 6.22. The second kappa shape index (κ2) is 4.81. The van der Waals surface area contributed by atoms with Gasteiger partial charge in [0.25, 0.3) is 0 Å². The fourth-order valence-electron chi connectivity index (χ4n) is 0.662. The number of halogens is 1. The molecule has 0 spiro atoms. The molecule has 0 aliphatic heterocycles. The number of ether oxygens (including phenoxy) is 2. The van der Waals surface area contributed by atoms with Gasteiger partial charge in [-0.2, -0.15) is 0 Å². The Morgan fingerprint density at radius 2 is 2.38 bits per heavy atom. The summed E-state index contributed by atoms with van der Waals surface area (Å²) < 4.78 is 10.1. The Hall–Kier alpha value is -1.10. The van der Waals surface area contributed by atoms with Gasteiger partial charge in [-0.05, 0) is 22.0 Å². The van der Waals surface area contributed by atoms with Crippen LogP contribution >= 0.6 is 15.9 Å². The molecule has 1 aromatic heterocycles. The van der Waals surface area contributed by atoms with Crippen molar-refractivity contribution in [2.45, 2.75) is 0 Å². The van der Waals surface area contributed by atoms with Gasteiger partial charge in [-0.1, -0.05) is 6.07 Å². The van der Waals surface area contributed by atoms with Gasteiger partial charge in [0.1, 0.15) is 4.60 Å². The first-order valence-electron chi connectivity index (χ1n) is 3.54. The van der Waals surface area contributed by atoms with Crippen LogP contribution in [0.2, 0.25) is 0 Å². The Labute approximate surface area is 84.0 Å². The highest BCUT2D eigenvalue weighted by atomic mass is 79.9. The summed E-state index contributed by atoms with van der Waals surface area (Å²) in [6.07, 6.45) is 0. The summed E-state index contributed by atoms with van der Waals surface area (Å²) in [5.41, 5.74) is 0. The Morgan fingerprint density at radius 1 is 1.62 bits per heavy atom. The maximum atomic E-state index is 10.7. The standard InChI is InChI=1S/C8H8BrNO3/c1-12-8(11)5-13-7-4-2-3-6(9)10-7/h2-4H,5H2,1H3. The zero-order chi connectivity index (χ0) is 9.68. The minimum absolute atomic E-state index is 0.125. The average Bonchev–Trinajstić information content (AvgIpc) is 2.14. The lowest BCUT2D eigenvalue weighted by atomic mass is 10.5. The zero-order valence-corrected chi connectivity index (χ0v) is 8.58. The minimum Gasteiger partial charge on any atom is -0.466 e. The number of aromatic nitrogens is 1. The monoisotopic (exact) mass is 245 g/mol. The molecule has 0 bridgehead atoms. The van der Waals surface area contributed by atoms with Crippen LogP contribution in [0.15, 0.2) is 22.8 Å². The summed E-state index contributed by atoms with van der Waals surface area (Å²) in [7, 11) is 1.31. The molecule has 0 aliphatic rings. The average molecular weight is 246 g/mol. The highest BCUT2D eigenvalue weighted by Gasteiger charge is 2.02. The molecule has 1 rings (SSSR count). The number of methoxy groups -OCH3 is 1. The fraction of sp³-hybridized carbons (Fsp3) is 0.250. The molecule has 0 fully saturated rings. The summed E-state index contributed by atoms with van der Waals surface area (Å²) in [5, 5.41) is 0. The van der Waals surface area contributed by atoms with Crippen LogP contribution in [0.25, 0.3) is 0 Å². The van der Waals surface area contributed by atoms with Crippen LogP contribution in [-0.4, -0.2) is 24.7 Å². The van der Waals surface area contributed by atoms with Gasteiger partial charge < -0.3 is 9.47 Å². The molecule has 0 N–H and O–H groups in total. The molecule has 1 heterocycles. The van der Waals surface area contributed by atoms with Crippen molar-refractivity contribution in [3.8, 4) is 5.88 Å². The highest BCUT2D eigenvalue weighted by molar-refractivity contribution is 9.10. The molecule has 13 heavy (non-hydrogen) atoms. The highest BCUT2D eigenvalue weighted by Crippen LogP contribution is 2.11. The quantitative estimate of drug-likeness (QED) is 0.597. The smallest absolute Gasteiger partial charge is 0.343 e. The summed E-state index contributed by atoms with van der Waals surface area (Å²) >= 11 is 3.18. The van der Waals surface area contributed by atoms with Crippen LogP contribution in [0.5, 0.6) is 5.88 Å². The van der Waals surface area contributed by atoms with Crippen molar-refractivity contribution in [2.24, 2.45) is 0 Å². The second-order valence-corrected chi connectivity index (χ2v) is 2.98. The van der Waals surface area contributed by atoms with E-state index < -0.39 is 5.97 Å². The molecule has 0 amide bonds. The fourth-order valence-corrected chi connectivity index (χ4v) is 0.989. The number of esters is 1. The van der Waals surface area contributed by atoms with Crippen LogP contribution in [0, 0.1) is 0 Å². The molecule has 0 saturated heterocycles. The van der Waals surface area contributed by atoms with E-state index in [2.05, 4.69) is 25.7 Å². The Morgan fingerprint density at radius 3 is 3.00 bits per heavy atom. The number of rotatable bonds is 3. The minimum atomic E-state index is -0.429. The number of nitrogens with zero attached hydrogens (tertiary/aromatic N) is 1. The number of hydrogen-bond acceptors (Lipinski definition) is 4. The van der Waals surface area contributed by atoms with Gasteiger partial charge in [-0.25, -0.2) is 9.78 Å². The van der Waals surface area contributed by atoms with Crippen LogP contribution < -0.4 is 4.74 Å². The van der Waals surface area contributed by atoms with Crippen molar-refractivity contribution in [1.82, 2.24) is 4.98 Å². The molecule has 70 valence electrons. The topological polar surface area (TPSA) is 48.4 Å². The molecular formula is C8H8BrNO3. The van der Waals surface area contributed by atoms with Crippen LogP contribution in [-0.2, 0) is 9.53 Å². The van der Waals surface area contributed by atoms with E-state index in [0.29, 0.717) is 10.5 Å². The summed E-state index contributed by atoms with van der Waals surface area (Å²) in [6, 6.07) is 5.20. The Kier molecular flexibility index (Phi) is 3.70. The lowest BCUT2D eigenvalue weighted by molar-refractivity contribution is -0.143. The third-order valence-corrected chi connectivity index (χ3v) is 1.70. The SMILES string of the molecule is COC(=O)COc1cccc(Br)n1. The second-order valence-electron chi connectivity index (χ2n) is 2.16. The van der Waals surface area contributed by atoms with E-state index >= 15 is 0 Å². The van der Waals surface area contributed by atoms with Crippen LogP contribution in [0.3, 0.4) is 0 Å². The number of carbonyl (C=O) groups is 1. The molecular weight excluding hydrogens is 238 g/mol. The molecule has 0 atom stereocenters. The third kappa shape index (κ3) is 3.42. The van der Waals surface area contributed by atoms with Crippen molar-refractivity contribution >= 4 is 21.9 Å². The first kappa shape index (κ1) is 9.98. The molecule has 0 unspecified atom stereocenters. The predicted octanol–water partition coefficient (Wildman–Crippen LogP) is 1.40.